The van der Waals surface area contributed by atoms with E-state index < -0.39 is 5.97 Å². The number of ether oxygens (including phenoxy) is 1. The molecular weight excluding hydrogens is 218 g/mol. The largest absolute Gasteiger partial charge is 0.476 e. The van der Waals surface area contributed by atoms with E-state index in [0.717, 1.165) is 18.1 Å². The highest BCUT2D eigenvalue weighted by Gasteiger charge is 2.07. The lowest BCUT2D eigenvalue weighted by molar-refractivity contribution is 0.0690. The maximum absolute atomic E-state index is 10.5. The van der Waals surface area contributed by atoms with Crippen molar-refractivity contribution in [3.8, 4) is 0 Å². The number of hydrogen-bond donors (Lipinski definition) is 1. The van der Waals surface area contributed by atoms with Crippen molar-refractivity contribution in [2.75, 3.05) is 25.2 Å². The summed E-state index contributed by atoms with van der Waals surface area (Å²) in [7, 11) is 1.66. The van der Waals surface area contributed by atoms with Gasteiger partial charge < -0.3 is 9.84 Å². The Kier molecular flexibility index (Phi) is 5.13. The number of thioether (sulfide) groups is 1. The van der Waals surface area contributed by atoms with E-state index in [0.29, 0.717) is 6.54 Å². The van der Waals surface area contributed by atoms with Crippen molar-refractivity contribution >= 4 is 17.7 Å². The van der Waals surface area contributed by atoms with E-state index in [9.17, 15) is 4.79 Å². The van der Waals surface area contributed by atoms with Crippen LogP contribution in [0.15, 0.2) is 6.20 Å². The molecule has 0 fully saturated rings. The number of carboxylic acid groups (broad SMARTS) is 1. The highest BCUT2D eigenvalue weighted by molar-refractivity contribution is 7.99. The molecule has 0 aliphatic carbocycles. The van der Waals surface area contributed by atoms with Crippen LogP contribution in [0, 0.1) is 0 Å². The van der Waals surface area contributed by atoms with Gasteiger partial charge >= 0.3 is 5.97 Å². The first-order valence-corrected chi connectivity index (χ1v) is 5.59. The van der Waals surface area contributed by atoms with E-state index in [1.54, 1.807) is 18.9 Å². The van der Waals surface area contributed by atoms with Crippen LogP contribution in [0.1, 0.15) is 10.5 Å². The van der Waals surface area contributed by atoms with Crippen molar-refractivity contribution in [3.05, 3.63) is 11.9 Å². The van der Waals surface area contributed by atoms with Crippen LogP contribution in [0.5, 0.6) is 0 Å². The smallest absolute Gasteiger partial charge is 0.358 e. The molecule has 1 aromatic rings. The average molecular weight is 231 g/mol. The van der Waals surface area contributed by atoms with Gasteiger partial charge in [-0.3, -0.25) is 4.68 Å². The summed E-state index contributed by atoms with van der Waals surface area (Å²) < 4.78 is 6.43. The van der Waals surface area contributed by atoms with Crippen molar-refractivity contribution in [1.82, 2.24) is 15.0 Å². The fourth-order valence-electron chi connectivity index (χ4n) is 0.908. The molecule has 7 heteroatoms. The van der Waals surface area contributed by atoms with E-state index >= 15 is 0 Å². The number of carbonyl (C=O) groups is 1. The molecule has 0 unspecified atom stereocenters. The second-order valence-corrected chi connectivity index (χ2v) is 4.00. The van der Waals surface area contributed by atoms with Gasteiger partial charge in [0.05, 0.1) is 19.3 Å². The Morgan fingerprint density at radius 3 is 3.07 bits per heavy atom. The van der Waals surface area contributed by atoms with Gasteiger partial charge in [0.25, 0.3) is 0 Å². The van der Waals surface area contributed by atoms with E-state index in [-0.39, 0.29) is 5.69 Å². The van der Waals surface area contributed by atoms with Gasteiger partial charge in [0, 0.05) is 18.6 Å². The number of carboxylic acids is 1. The summed E-state index contributed by atoms with van der Waals surface area (Å²) in [5.41, 5.74) is -0.0168. The molecule has 0 amide bonds. The lowest BCUT2D eigenvalue weighted by Crippen LogP contribution is -2.03. The summed E-state index contributed by atoms with van der Waals surface area (Å²) in [6.07, 6.45) is 1.43. The zero-order valence-corrected chi connectivity index (χ0v) is 9.24. The highest BCUT2D eigenvalue weighted by atomic mass is 32.2. The SMILES string of the molecule is COCCSCCn1cc(C(=O)O)nn1. The van der Waals surface area contributed by atoms with Gasteiger partial charge in [0.2, 0.25) is 0 Å². The van der Waals surface area contributed by atoms with Crippen molar-refractivity contribution in [1.29, 1.82) is 0 Å². The van der Waals surface area contributed by atoms with Crippen molar-refractivity contribution in [2.24, 2.45) is 0 Å². The molecule has 0 radical (unpaired) electrons. The molecule has 0 saturated carbocycles. The molecule has 6 nitrogen and oxygen atoms in total. The average Bonchev–Trinajstić information content (AvgIpc) is 2.66. The molecule has 0 saturated heterocycles. The summed E-state index contributed by atoms with van der Waals surface area (Å²) >= 11 is 1.73. The van der Waals surface area contributed by atoms with Crippen LogP contribution in [0.4, 0.5) is 0 Å². The molecule has 84 valence electrons. The summed E-state index contributed by atoms with van der Waals surface area (Å²) in [4.78, 5) is 10.5. The third-order valence-corrected chi connectivity index (χ3v) is 2.58. The molecule has 0 aromatic carbocycles. The fourth-order valence-corrected chi connectivity index (χ4v) is 1.71. The molecule has 0 atom stereocenters. The zero-order valence-electron chi connectivity index (χ0n) is 8.42. The van der Waals surface area contributed by atoms with E-state index in [1.807, 2.05) is 0 Å². The lowest BCUT2D eigenvalue weighted by atomic mass is 10.5. The van der Waals surface area contributed by atoms with E-state index in [1.165, 1.54) is 10.9 Å². The Labute approximate surface area is 91.6 Å². The molecule has 0 bridgehead atoms. The minimum absolute atomic E-state index is 0.0168. The first-order valence-electron chi connectivity index (χ1n) is 4.44. The number of aromatic nitrogens is 3. The number of rotatable bonds is 7. The molecule has 0 aliphatic rings. The Morgan fingerprint density at radius 2 is 2.47 bits per heavy atom. The molecule has 15 heavy (non-hydrogen) atoms. The van der Waals surface area contributed by atoms with Gasteiger partial charge in [0.15, 0.2) is 5.69 Å². The molecule has 1 N–H and O–H groups in total. The highest BCUT2D eigenvalue weighted by Crippen LogP contribution is 2.01. The number of aromatic carboxylic acids is 1. The summed E-state index contributed by atoms with van der Waals surface area (Å²) in [6.45, 7) is 1.39. The van der Waals surface area contributed by atoms with E-state index in [2.05, 4.69) is 10.3 Å². The molecular formula is C8H13N3O3S. The first-order chi connectivity index (χ1) is 7.24. The van der Waals surface area contributed by atoms with Crippen LogP contribution in [-0.2, 0) is 11.3 Å². The quantitative estimate of drug-likeness (QED) is 0.682. The predicted octanol–water partition coefficient (Wildman–Crippen LogP) is 0.356. The van der Waals surface area contributed by atoms with Crippen LogP contribution >= 0.6 is 11.8 Å². The van der Waals surface area contributed by atoms with Gasteiger partial charge in [-0.05, 0) is 0 Å². The molecule has 1 rings (SSSR count). The van der Waals surface area contributed by atoms with Crippen LogP contribution in [0.3, 0.4) is 0 Å². The Bertz CT molecular complexity index is 316. The molecule has 0 spiro atoms. The van der Waals surface area contributed by atoms with Crippen LogP contribution < -0.4 is 0 Å². The second kappa shape index (κ2) is 6.41. The normalized spacial score (nSPS) is 10.5. The first kappa shape index (κ1) is 12.0. The maximum Gasteiger partial charge on any atom is 0.358 e. The summed E-state index contributed by atoms with van der Waals surface area (Å²) in [5.74, 6) is 0.747. The van der Waals surface area contributed by atoms with Gasteiger partial charge in [-0.15, -0.1) is 5.10 Å². The minimum Gasteiger partial charge on any atom is -0.476 e. The monoisotopic (exact) mass is 231 g/mol. The number of hydrogen-bond acceptors (Lipinski definition) is 5. The van der Waals surface area contributed by atoms with Gasteiger partial charge in [-0.25, -0.2) is 4.79 Å². The fraction of sp³-hybridized carbons (Fsp3) is 0.625. The van der Waals surface area contributed by atoms with Crippen molar-refractivity contribution in [3.63, 3.8) is 0 Å². The van der Waals surface area contributed by atoms with Gasteiger partial charge in [0.1, 0.15) is 0 Å². The zero-order chi connectivity index (χ0) is 11.1. The second-order valence-electron chi connectivity index (χ2n) is 2.78. The number of aryl methyl sites for hydroxylation is 1. The summed E-state index contributed by atoms with van der Waals surface area (Å²) in [5, 5.41) is 15.8. The van der Waals surface area contributed by atoms with E-state index in [4.69, 9.17) is 9.84 Å². The van der Waals surface area contributed by atoms with Gasteiger partial charge in [-0.1, -0.05) is 5.21 Å². The minimum atomic E-state index is -1.05. The third kappa shape index (κ3) is 4.30. The van der Waals surface area contributed by atoms with Crippen LogP contribution in [0.25, 0.3) is 0 Å². The van der Waals surface area contributed by atoms with Gasteiger partial charge in [-0.2, -0.15) is 11.8 Å². The lowest BCUT2D eigenvalue weighted by Gasteiger charge is -2.00. The standard InChI is InChI=1S/C8H13N3O3S/c1-14-3-5-15-4-2-11-6-7(8(12)13)9-10-11/h6H,2-5H2,1H3,(H,12,13). The topological polar surface area (TPSA) is 77.2 Å². The third-order valence-electron chi connectivity index (χ3n) is 1.65. The molecule has 1 heterocycles. The Morgan fingerprint density at radius 1 is 1.67 bits per heavy atom. The number of nitrogens with zero attached hydrogens (tertiary/aromatic N) is 3. The van der Waals surface area contributed by atoms with Crippen molar-refractivity contribution in [2.45, 2.75) is 6.54 Å². The maximum atomic E-state index is 10.5. The Hall–Kier alpha value is -1.08. The van der Waals surface area contributed by atoms with Crippen molar-refractivity contribution < 1.29 is 14.6 Å². The molecule has 1 aromatic heterocycles. The summed E-state index contributed by atoms with van der Waals surface area (Å²) in [6, 6.07) is 0. The predicted molar refractivity (Wildman–Crippen MR) is 56.2 cm³/mol. The molecule has 0 aliphatic heterocycles. The number of methoxy groups -OCH3 is 1. The Balaban J connectivity index is 2.23. The van der Waals surface area contributed by atoms with Crippen LogP contribution in [-0.4, -0.2) is 51.3 Å². The van der Waals surface area contributed by atoms with Crippen LogP contribution in [0.2, 0.25) is 0 Å².